The Kier molecular flexibility index (Phi) is 5.51. The number of halogens is 4. The molecule has 1 aromatic carbocycles. The number of pyridine rings is 2. The number of carbonyl (C=O) groups is 1. The number of carbonyl (C=O) groups excluding carboxylic acids is 1. The predicted octanol–water partition coefficient (Wildman–Crippen LogP) is 2.08. The number of aromatic nitrogens is 2. The van der Waals surface area contributed by atoms with Gasteiger partial charge in [-0.15, -0.1) is 0 Å². The van der Waals surface area contributed by atoms with E-state index in [4.69, 9.17) is 33.0 Å². The zero-order valence-corrected chi connectivity index (χ0v) is 17.5. The molecule has 0 aliphatic carbocycles. The lowest BCUT2D eigenvalue weighted by Crippen LogP contribution is -2.43. The number of benzene rings is 1. The van der Waals surface area contributed by atoms with Gasteiger partial charge in [0, 0.05) is 23.0 Å². The normalized spacial score (nSPS) is 12.4. The van der Waals surface area contributed by atoms with Crippen LogP contribution in [0.5, 0.6) is 0 Å². The molecule has 0 bridgehead atoms. The number of rotatable bonds is 3. The molecule has 31 heavy (non-hydrogen) atoms. The highest BCUT2D eigenvalue weighted by Gasteiger charge is 2.50. The van der Waals surface area contributed by atoms with E-state index in [0.717, 1.165) is 19.9 Å². The molecule has 2 heterocycles. The summed E-state index contributed by atoms with van der Waals surface area (Å²) in [4.78, 5) is 31.1. The lowest BCUT2D eigenvalue weighted by atomic mass is 9.69. The second kappa shape index (κ2) is 7.44. The van der Waals surface area contributed by atoms with Gasteiger partial charge in [0.15, 0.2) is 5.43 Å². The molecule has 0 spiro atoms. The maximum Gasteiger partial charge on any atom is 0.397 e. The summed E-state index contributed by atoms with van der Waals surface area (Å²) in [6.45, 7) is 3.40. The standard InChI is InChI=1S/C20H15B2ClF3N3O2/c1-7-11(15(22)16(23)13(14(7)21)19(2,3)20(24,25)26)9-6-10(30)12-8(29-9)4-5-28-17(12)18(27)31/h4-6H,1-3H3,(H2,27,31)(H,29,30). The zero-order chi connectivity index (χ0) is 23.5. The van der Waals surface area contributed by atoms with Crippen molar-refractivity contribution in [1.82, 2.24) is 9.97 Å². The topological polar surface area (TPSA) is 88.8 Å². The number of amides is 1. The molecule has 4 radical (unpaired) electrons. The summed E-state index contributed by atoms with van der Waals surface area (Å²) in [5.41, 5.74) is 2.21. The molecule has 0 atom stereocenters. The summed E-state index contributed by atoms with van der Waals surface area (Å²) in [6, 6.07) is 2.59. The highest BCUT2D eigenvalue weighted by Crippen LogP contribution is 2.43. The maximum atomic E-state index is 13.7. The third-order valence-electron chi connectivity index (χ3n) is 5.35. The number of primary amides is 1. The van der Waals surface area contributed by atoms with Crippen LogP contribution in [-0.4, -0.2) is 37.7 Å². The van der Waals surface area contributed by atoms with Gasteiger partial charge in [-0.25, -0.2) is 0 Å². The van der Waals surface area contributed by atoms with Crippen molar-refractivity contribution in [2.75, 3.05) is 0 Å². The minimum atomic E-state index is -4.64. The first kappa shape index (κ1) is 22.9. The van der Waals surface area contributed by atoms with Crippen LogP contribution in [0.25, 0.3) is 22.2 Å². The molecule has 0 fully saturated rings. The van der Waals surface area contributed by atoms with Crippen molar-refractivity contribution in [3.8, 4) is 11.3 Å². The van der Waals surface area contributed by atoms with Crippen LogP contribution in [0.3, 0.4) is 0 Å². The predicted molar refractivity (Wildman–Crippen MR) is 116 cm³/mol. The first-order valence-electron chi connectivity index (χ1n) is 8.96. The van der Waals surface area contributed by atoms with E-state index >= 15 is 0 Å². The molecule has 3 aromatic rings. The molecule has 11 heteroatoms. The molecule has 0 unspecified atom stereocenters. The second-order valence-corrected chi connectivity index (χ2v) is 8.01. The van der Waals surface area contributed by atoms with Crippen molar-refractivity contribution in [2.45, 2.75) is 32.4 Å². The van der Waals surface area contributed by atoms with Gasteiger partial charge in [-0.2, -0.15) is 13.2 Å². The number of alkyl halides is 3. The highest BCUT2D eigenvalue weighted by atomic mass is 35.5. The van der Waals surface area contributed by atoms with Gasteiger partial charge < -0.3 is 10.7 Å². The van der Waals surface area contributed by atoms with E-state index in [2.05, 4.69) is 9.97 Å². The van der Waals surface area contributed by atoms with Crippen LogP contribution in [0.2, 0.25) is 5.02 Å². The maximum absolute atomic E-state index is 13.7. The number of fused-ring (bicyclic) bond motifs is 1. The van der Waals surface area contributed by atoms with Crippen LogP contribution >= 0.6 is 11.6 Å². The fraction of sp³-hybridized carbons (Fsp3) is 0.250. The summed E-state index contributed by atoms with van der Waals surface area (Å²) < 4.78 is 41.0. The average Bonchev–Trinajstić information content (AvgIpc) is 2.65. The Bertz CT molecular complexity index is 1270. The summed E-state index contributed by atoms with van der Waals surface area (Å²) in [5, 5.41) is -0.377. The fourth-order valence-corrected chi connectivity index (χ4v) is 3.94. The van der Waals surface area contributed by atoms with Crippen LogP contribution in [-0.2, 0) is 5.41 Å². The molecule has 0 saturated heterocycles. The number of H-pyrrole nitrogens is 1. The van der Waals surface area contributed by atoms with Gasteiger partial charge >= 0.3 is 6.18 Å². The molecule has 2 aromatic heterocycles. The van der Waals surface area contributed by atoms with Crippen molar-refractivity contribution in [1.29, 1.82) is 0 Å². The smallest absolute Gasteiger partial charge is 0.364 e. The number of hydrogen-bond donors (Lipinski definition) is 2. The lowest BCUT2D eigenvalue weighted by molar-refractivity contribution is -0.179. The monoisotopic (exact) mass is 443 g/mol. The molecule has 1 amide bonds. The Morgan fingerprint density at radius 2 is 1.84 bits per heavy atom. The molecule has 3 N–H and O–H groups in total. The fourth-order valence-electron chi connectivity index (χ4n) is 3.51. The van der Waals surface area contributed by atoms with Crippen LogP contribution in [0.15, 0.2) is 23.1 Å². The van der Waals surface area contributed by atoms with Crippen molar-refractivity contribution in [2.24, 2.45) is 5.73 Å². The van der Waals surface area contributed by atoms with Gasteiger partial charge in [-0.1, -0.05) is 22.5 Å². The van der Waals surface area contributed by atoms with Crippen molar-refractivity contribution >= 4 is 55.0 Å². The number of hydrogen-bond acceptors (Lipinski definition) is 3. The Hall–Kier alpha value is -2.74. The number of nitrogens with zero attached hydrogens (tertiary/aromatic N) is 1. The summed E-state index contributed by atoms with van der Waals surface area (Å²) in [7, 11) is 12.2. The molecule has 5 nitrogen and oxygen atoms in total. The van der Waals surface area contributed by atoms with Crippen LogP contribution in [0, 0.1) is 6.92 Å². The summed E-state index contributed by atoms with van der Waals surface area (Å²) in [6.07, 6.45) is -3.35. The molecule has 156 valence electrons. The minimum Gasteiger partial charge on any atom is -0.364 e. The van der Waals surface area contributed by atoms with E-state index < -0.39 is 22.9 Å². The Balaban J connectivity index is 2.37. The van der Waals surface area contributed by atoms with E-state index in [1.54, 1.807) is 0 Å². The molecule has 0 saturated carbocycles. The van der Waals surface area contributed by atoms with Gasteiger partial charge in [-0.05, 0) is 43.5 Å². The summed E-state index contributed by atoms with van der Waals surface area (Å²) in [5.74, 6) is -0.884. The SMILES string of the molecule is [B]c1c(Cl)c(C(C)(C)C(F)(F)F)c([B])c(C)c1-c1cc(=O)c2c(C(N)=O)nccc2[nH]1. The van der Waals surface area contributed by atoms with E-state index in [1.807, 2.05) is 0 Å². The van der Waals surface area contributed by atoms with Crippen molar-refractivity contribution in [3.63, 3.8) is 0 Å². The molecule has 0 aliphatic rings. The van der Waals surface area contributed by atoms with Gasteiger partial charge in [0.05, 0.1) is 16.3 Å². The van der Waals surface area contributed by atoms with Crippen LogP contribution < -0.4 is 22.1 Å². The third kappa shape index (κ3) is 3.52. The Labute approximate surface area is 183 Å². The molecular weight excluding hydrogens is 428 g/mol. The minimum absolute atomic E-state index is 0.0242. The van der Waals surface area contributed by atoms with E-state index in [-0.39, 0.29) is 54.9 Å². The number of aromatic amines is 1. The highest BCUT2D eigenvalue weighted by molar-refractivity contribution is 6.50. The van der Waals surface area contributed by atoms with E-state index in [0.29, 0.717) is 0 Å². The van der Waals surface area contributed by atoms with Gasteiger partial charge in [0.2, 0.25) is 0 Å². The quantitative estimate of drug-likeness (QED) is 0.608. The van der Waals surface area contributed by atoms with Gasteiger partial charge in [-0.3, -0.25) is 14.6 Å². The number of nitrogens with two attached hydrogens (primary N) is 1. The van der Waals surface area contributed by atoms with Gasteiger partial charge in [0.1, 0.15) is 21.4 Å². The largest absolute Gasteiger partial charge is 0.397 e. The van der Waals surface area contributed by atoms with E-state index in [1.165, 1.54) is 19.2 Å². The Morgan fingerprint density at radius 3 is 2.39 bits per heavy atom. The second-order valence-electron chi connectivity index (χ2n) is 7.63. The first-order valence-corrected chi connectivity index (χ1v) is 9.34. The summed E-state index contributed by atoms with van der Waals surface area (Å²) >= 11 is 6.27. The molecular formula is C20H15B2ClF3N3O2. The molecule has 3 rings (SSSR count). The van der Waals surface area contributed by atoms with Crippen molar-refractivity contribution < 1.29 is 18.0 Å². The third-order valence-corrected chi connectivity index (χ3v) is 5.74. The van der Waals surface area contributed by atoms with Crippen LogP contribution in [0.4, 0.5) is 13.2 Å². The zero-order valence-electron chi connectivity index (χ0n) is 16.7. The van der Waals surface area contributed by atoms with Crippen LogP contribution in [0.1, 0.15) is 35.5 Å². The lowest BCUT2D eigenvalue weighted by Gasteiger charge is -2.33. The van der Waals surface area contributed by atoms with E-state index in [9.17, 15) is 22.8 Å². The first-order chi connectivity index (χ1) is 14.2. The van der Waals surface area contributed by atoms with Gasteiger partial charge in [0.25, 0.3) is 5.91 Å². The molecule has 0 aliphatic heterocycles. The Morgan fingerprint density at radius 1 is 1.23 bits per heavy atom. The average molecular weight is 443 g/mol. The van der Waals surface area contributed by atoms with Crippen molar-refractivity contribution in [3.05, 3.63) is 50.4 Å². The number of nitrogens with one attached hydrogen (secondary N) is 1.